The standard InChI is InChI=1S/C14H23NO3S/c1-4-12(5-2)11(3)15-19(17,18)14-9-7-6-8-13(14)10-16/h6-9,11-12,15-16H,4-5,10H2,1-3H3. The molecule has 1 rings (SSSR count). The van der Waals surface area contributed by atoms with Crippen molar-refractivity contribution < 1.29 is 13.5 Å². The molecule has 0 aliphatic heterocycles. The maximum absolute atomic E-state index is 12.3. The van der Waals surface area contributed by atoms with E-state index in [-0.39, 0.29) is 17.5 Å². The molecule has 0 saturated heterocycles. The SMILES string of the molecule is CCC(CC)C(C)NS(=O)(=O)c1ccccc1CO. The Labute approximate surface area is 115 Å². The quantitative estimate of drug-likeness (QED) is 0.807. The molecule has 1 unspecified atom stereocenters. The van der Waals surface area contributed by atoms with E-state index in [0.29, 0.717) is 11.5 Å². The van der Waals surface area contributed by atoms with Crippen molar-refractivity contribution in [3.63, 3.8) is 0 Å². The summed E-state index contributed by atoms with van der Waals surface area (Å²) < 4.78 is 27.4. The number of rotatable bonds is 7. The van der Waals surface area contributed by atoms with Crippen molar-refractivity contribution in [1.29, 1.82) is 0 Å². The first-order valence-corrected chi connectivity index (χ1v) is 8.15. The largest absolute Gasteiger partial charge is 0.392 e. The van der Waals surface area contributed by atoms with Gasteiger partial charge in [-0.3, -0.25) is 0 Å². The topological polar surface area (TPSA) is 66.4 Å². The number of benzene rings is 1. The molecule has 0 spiro atoms. The normalized spacial score (nSPS) is 13.7. The fraction of sp³-hybridized carbons (Fsp3) is 0.571. The van der Waals surface area contributed by atoms with Crippen molar-refractivity contribution >= 4 is 10.0 Å². The van der Waals surface area contributed by atoms with Gasteiger partial charge in [0.05, 0.1) is 11.5 Å². The van der Waals surface area contributed by atoms with Gasteiger partial charge in [-0.1, -0.05) is 44.9 Å². The predicted octanol–water partition coefficient (Wildman–Crippen LogP) is 2.28. The summed E-state index contributed by atoms with van der Waals surface area (Å²) in [5.41, 5.74) is 0.423. The molecule has 4 nitrogen and oxygen atoms in total. The van der Waals surface area contributed by atoms with Gasteiger partial charge in [0.15, 0.2) is 0 Å². The molecule has 1 aromatic rings. The fourth-order valence-corrected chi connectivity index (χ4v) is 3.84. The second-order valence-corrected chi connectivity index (χ2v) is 6.43. The van der Waals surface area contributed by atoms with Crippen LogP contribution in [-0.4, -0.2) is 19.6 Å². The molecule has 0 aliphatic carbocycles. The maximum Gasteiger partial charge on any atom is 0.241 e. The number of nitrogens with one attached hydrogen (secondary N) is 1. The van der Waals surface area contributed by atoms with Crippen LogP contribution in [0.3, 0.4) is 0 Å². The van der Waals surface area contributed by atoms with Crippen LogP contribution in [0.2, 0.25) is 0 Å². The molecular weight excluding hydrogens is 262 g/mol. The minimum absolute atomic E-state index is 0.119. The van der Waals surface area contributed by atoms with Gasteiger partial charge < -0.3 is 5.11 Å². The lowest BCUT2D eigenvalue weighted by Crippen LogP contribution is -2.38. The Bertz CT molecular complexity index is 495. The number of aliphatic hydroxyl groups excluding tert-OH is 1. The lowest BCUT2D eigenvalue weighted by atomic mass is 9.96. The number of hydrogen-bond donors (Lipinski definition) is 2. The van der Waals surface area contributed by atoms with Crippen LogP contribution in [0.15, 0.2) is 29.2 Å². The number of hydrogen-bond acceptors (Lipinski definition) is 3. The van der Waals surface area contributed by atoms with Gasteiger partial charge in [0.1, 0.15) is 0 Å². The van der Waals surface area contributed by atoms with Crippen LogP contribution in [0, 0.1) is 5.92 Å². The average Bonchev–Trinajstić information content (AvgIpc) is 2.39. The third-order valence-corrected chi connectivity index (χ3v) is 5.19. The van der Waals surface area contributed by atoms with Gasteiger partial charge in [-0.15, -0.1) is 0 Å². The van der Waals surface area contributed by atoms with Gasteiger partial charge in [-0.2, -0.15) is 0 Å². The smallest absolute Gasteiger partial charge is 0.241 e. The zero-order chi connectivity index (χ0) is 14.5. The molecule has 0 bridgehead atoms. The summed E-state index contributed by atoms with van der Waals surface area (Å²) in [7, 11) is -3.58. The van der Waals surface area contributed by atoms with E-state index in [1.165, 1.54) is 6.07 Å². The van der Waals surface area contributed by atoms with Crippen molar-refractivity contribution in [3.8, 4) is 0 Å². The summed E-state index contributed by atoms with van der Waals surface area (Å²) >= 11 is 0. The highest BCUT2D eigenvalue weighted by Gasteiger charge is 2.23. The molecular formula is C14H23NO3S. The monoisotopic (exact) mass is 285 g/mol. The molecule has 1 atom stereocenters. The fourth-order valence-electron chi connectivity index (χ4n) is 2.30. The van der Waals surface area contributed by atoms with Crippen molar-refractivity contribution in [3.05, 3.63) is 29.8 Å². The molecule has 0 heterocycles. The molecule has 108 valence electrons. The highest BCUT2D eigenvalue weighted by molar-refractivity contribution is 7.89. The first-order chi connectivity index (χ1) is 8.96. The van der Waals surface area contributed by atoms with Gasteiger partial charge in [-0.25, -0.2) is 13.1 Å². The third kappa shape index (κ3) is 4.03. The van der Waals surface area contributed by atoms with Gasteiger partial charge in [-0.05, 0) is 24.5 Å². The Balaban J connectivity index is 2.98. The summed E-state index contributed by atoms with van der Waals surface area (Å²) in [6.07, 6.45) is 1.86. The number of aliphatic hydroxyl groups is 1. The Hall–Kier alpha value is -0.910. The lowest BCUT2D eigenvalue weighted by Gasteiger charge is -2.22. The molecule has 0 amide bonds. The third-order valence-electron chi connectivity index (χ3n) is 3.53. The second-order valence-electron chi connectivity index (χ2n) is 4.75. The Morgan fingerprint density at radius 2 is 1.79 bits per heavy atom. The first-order valence-electron chi connectivity index (χ1n) is 6.67. The van der Waals surface area contributed by atoms with Gasteiger partial charge in [0.25, 0.3) is 0 Å². The summed E-state index contributed by atoms with van der Waals surface area (Å²) in [6.45, 7) is 5.72. The van der Waals surface area contributed by atoms with Crippen molar-refractivity contribution in [1.82, 2.24) is 4.72 Å². The maximum atomic E-state index is 12.3. The molecule has 0 aromatic heterocycles. The average molecular weight is 285 g/mol. The highest BCUT2D eigenvalue weighted by Crippen LogP contribution is 2.19. The molecule has 0 saturated carbocycles. The summed E-state index contributed by atoms with van der Waals surface area (Å²) in [4.78, 5) is 0.162. The second kappa shape index (κ2) is 7.03. The van der Waals surface area contributed by atoms with E-state index in [4.69, 9.17) is 0 Å². The number of sulfonamides is 1. The molecule has 5 heteroatoms. The Morgan fingerprint density at radius 3 is 2.32 bits per heavy atom. The Morgan fingerprint density at radius 1 is 1.21 bits per heavy atom. The minimum atomic E-state index is -3.58. The van der Waals surface area contributed by atoms with E-state index >= 15 is 0 Å². The van der Waals surface area contributed by atoms with E-state index in [2.05, 4.69) is 18.6 Å². The molecule has 2 N–H and O–H groups in total. The molecule has 0 radical (unpaired) electrons. The molecule has 1 aromatic carbocycles. The highest BCUT2D eigenvalue weighted by atomic mass is 32.2. The van der Waals surface area contributed by atoms with Crippen LogP contribution in [0.5, 0.6) is 0 Å². The molecule has 0 aliphatic rings. The molecule has 19 heavy (non-hydrogen) atoms. The summed E-state index contributed by atoms with van der Waals surface area (Å²) in [5, 5.41) is 9.23. The van der Waals surface area contributed by atoms with Crippen LogP contribution in [0.25, 0.3) is 0 Å². The van der Waals surface area contributed by atoms with Crippen LogP contribution in [-0.2, 0) is 16.6 Å². The lowest BCUT2D eigenvalue weighted by molar-refractivity contribution is 0.278. The van der Waals surface area contributed by atoms with Crippen LogP contribution in [0.1, 0.15) is 39.2 Å². The van der Waals surface area contributed by atoms with E-state index in [0.717, 1.165) is 12.8 Å². The van der Waals surface area contributed by atoms with E-state index in [1.807, 2.05) is 6.92 Å². The zero-order valence-electron chi connectivity index (χ0n) is 11.8. The minimum Gasteiger partial charge on any atom is -0.392 e. The van der Waals surface area contributed by atoms with Crippen LogP contribution < -0.4 is 4.72 Å². The Kier molecular flexibility index (Phi) is 5.97. The van der Waals surface area contributed by atoms with Crippen molar-refractivity contribution in [2.45, 2.75) is 51.2 Å². The van der Waals surface area contributed by atoms with Gasteiger partial charge in [0, 0.05) is 6.04 Å². The first kappa shape index (κ1) is 16.1. The van der Waals surface area contributed by atoms with Crippen molar-refractivity contribution in [2.75, 3.05) is 0 Å². The van der Waals surface area contributed by atoms with E-state index in [9.17, 15) is 13.5 Å². The van der Waals surface area contributed by atoms with Gasteiger partial charge in [0.2, 0.25) is 10.0 Å². The van der Waals surface area contributed by atoms with E-state index in [1.54, 1.807) is 18.2 Å². The van der Waals surface area contributed by atoms with Crippen molar-refractivity contribution in [2.24, 2.45) is 5.92 Å². The summed E-state index contributed by atoms with van der Waals surface area (Å²) in [6, 6.07) is 6.40. The van der Waals surface area contributed by atoms with Crippen LogP contribution in [0.4, 0.5) is 0 Å². The molecule has 0 fully saturated rings. The van der Waals surface area contributed by atoms with E-state index < -0.39 is 10.0 Å². The summed E-state index contributed by atoms with van der Waals surface area (Å²) in [5.74, 6) is 0.316. The predicted molar refractivity (Wildman–Crippen MR) is 76.2 cm³/mol. The zero-order valence-corrected chi connectivity index (χ0v) is 12.6. The van der Waals surface area contributed by atoms with Gasteiger partial charge >= 0.3 is 0 Å². The van der Waals surface area contributed by atoms with Crippen LogP contribution >= 0.6 is 0 Å².